The van der Waals surface area contributed by atoms with Gasteiger partial charge in [-0.25, -0.2) is 9.98 Å². The highest BCUT2D eigenvalue weighted by molar-refractivity contribution is 6.27. The Kier molecular flexibility index (Phi) is 6.85. The molecule has 0 radical (unpaired) electrons. The average Bonchev–Trinajstić information content (AvgIpc) is 3.62. The Labute approximate surface area is 213 Å². The van der Waals surface area contributed by atoms with E-state index in [1.807, 2.05) is 48.1 Å². The molecule has 0 bridgehead atoms. The van der Waals surface area contributed by atoms with Crippen LogP contribution < -0.4 is 4.74 Å². The minimum absolute atomic E-state index is 0.0166. The lowest BCUT2D eigenvalue weighted by Gasteiger charge is -2.10. The van der Waals surface area contributed by atoms with Crippen LogP contribution in [0.2, 0.25) is 0 Å². The molecule has 5 rings (SSSR count). The highest BCUT2D eigenvalue weighted by Crippen LogP contribution is 2.31. The van der Waals surface area contributed by atoms with Crippen LogP contribution in [0.4, 0.5) is 5.69 Å². The second-order valence-corrected chi connectivity index (χ2v) is 8.47. The molecule has 1 unspecified atom stereocenters. The number of H-pyrrole nitrogens is 1. The molecule has 0 amide bonds. The van der Waals surface area contributed by atoms with Gasteiger partial charge in [0.25, 0.3) is 0 Å². The summed E-state index contributed by atoms with van der Waals surface area (Å²) in [6.45, 7) is 4.95. The number of pyridine rings is 1. The average molecular weight is 499 g/mol. The molecule has 1 fully saturated rings. The van der Waals surface area contributed by atoms with Crippen LogP contribution >= 0.6 is 0 Å². The number of ketones is 1. The number of allylic oxidation sites excluding steroid dienone is 1. The molecule has 188 valence electrons. The number of fused-ring (bicyclic) bond motifs is 1. The van der Waals surface area contributed by atoms with Crippen LogP contribution in [-0.4, -0.2) is 45.4 Å². The smallest absolute Gasteiger partial charge is 0.326 e. The molecule has 9 heteroatoms. The van der Waals surface area contributed by atoms with Crippen LogP contribution in [0.25, 0.3) is 17.1 Å². The highest BCUT2D eigenvalue weighted by atomic mass is 16.5. The van der Waals surface area contributed by atoms with E-state index in [0.29, 0.717) is 29.3 Å². The van der Waals surface area contributed by atoms with Gasteiger partial charge in [0.15, 0.2) is 11.7 Å². The van der Waals surface area contributed by atoms with Gasteiger partial charge < -0.3 is 23.8 Å². The first-order chi connectivity index (χ1) is 18.0. The number of nitrogens with zero attached hydrogens (tertiary/aromatic N) is 3. The Morgan fingerprint density at radius 3 is 2.86 bits per heavy atom. The van der Waals surface area contributed by atoms with Crippen molar-refractivity contribution in [2.45, 2.75) is 20.4 Å². The van der Waals surface area contributed by atoms with Crippen LogP contribution in [0.1, 0.15) is 18.1 Å². The molecule has 0 saturated carbocycles. The molecule has 1 N–H and O–H groups in total. The molecule has 1 atom stereocenters. The van der Waals surface area contributed by atoms with Crippen molar-refractivity contribution in [2.24, 2.45) is 10.9 Å². The number of ether oxygens (including phenoxy) is 3. The van der Waals surface area contributed by atoms with Crippen molar-refractivity contribution >= 4 is 40.4 Å². The number of aromatic amines is 1. The molecule has 1 aromatic carbocycles. The van der Waals surface area contributed by atoms with Gasteiger partial charge in [0, 0.05) is 35.7 Å². The number of hydrogen-bond acceptors (Lipinski definition) is 7. The summed E-state index contributed by atoms with van der Waals surface area (Å²) in [6, 6.07) is 13.1. The second kappa shape index (κ2) is 10.5. The molecule has 1 aliphatic rings. The Morgan fingerprint density at radius 2 is 2.08 bits per heavy atom. The fourth-order valence-corrected chi connectivity index (χ4v) is 4.09. The number of Topliss-reactive ketones (excluding diaryl/α,β-unsaturated/α-hetero) is 1. The van der Waals surface area contributed by atoms with Crippen molar-refractivity contribution < 1.29 is 23.8 Å². The van der Waals surface area contributed by atoms with Crippen molar-refractivity contribution in [3.05, 3.63) is 84.1 Å². The van der Waals surface area contributed by atoms with Gasteiger partial charge in [0.05, 0.1) is 18.8 Å². The Balaban J connectivity index is 1.40. The first-order valence-corrected chi connectivity index (χ1v) is 12.0. The summed E-state index contributed by atoms with van der Waals surface area (Å²) in [5.41, 5.74) is 2.77. The molecule has 1 aliphatic heterocycles. The van der Waals surface area contributed by atoms with Crippen molar-refractivity contribution in [2.75, 3.05) is 13.2 Å². The SMILES string of the molecule is CCOC(=O)C1C(=O)/C(=C/c2c[nH]c3ncccc23)OC1=Nc1ccc(OCCn2cccc2)cc1C. The van der Waals surface area contributed by atoms with Crippen molar-refractivity contribution in [1.82, 2.24) is 14.5 Å². The molecule has 37 heavy (non-hydrogen) atoms. The van der Waals surface area contributed by atoms with Crippen molar-refractivity contribution in [3.63, 3.8) is 0 Å². The lowest BCUT2D eigenvalue weighted by Crippen LogP contribution is -2.27. The first kappa shape index (κ1) is 24.1. The predicted molar refractivity (Wildman–Crippen MR) is 138 cm³/mol. The van der Waals surface area contributed by atoms with E-state index in [4.69, 9.17) is 14.2 Å². The molecular weight excluding hydrogens is 472 g/mol. The lowest BCUT2D eigenvalue weighted by atomic mass is 10.0. The number of aliphatic imine (C=N–C) groups is 1. The van der Waals surface area contributed by atoms with Crippen LogP contribution in [-0.2, 0) is 25.6 Å². The number of aromatic nitrogens is 3. The number of carbonyl (C=O) groups is 2. The van der Waals surface area contributed by atoms with Crippen LogP contribution in [0.3, 0.4) is 0 Å². The van der Waals surface area contributed by atoms with Gasteiger partial charge in [0.2, 0.25) is 11.7 Å². The second-order valence-electron chi connectivity index (χ2n) is 8.47. The quantitative estimate of drug-likeness (QED) is 0.216. The maximum absolute atomic E-state index is 13.2. The van der Waals surface area contributed by atoms with E-state index in [-0.39, 0.29) is 18.3 Å². The van der Waals surface area contributed by atoms with Crippen LogP contribution in [0.15, 0.2) is 78.0 Å². The Morgan fingerprint density at radius 1 is 1.24 bits per heavy atom. The summed E-state index contributed by atoms with van der Waals surface area (Å²) in [5.74, 6) is -1.77. The lowest BCUT2D eigenvalue weighted by molar-refractivity contribution is -0.147. The minimum atomic E-state index is -1.27. The van der Waals surface area contributed by atoms with Gasteiger partial charge in [0.1, 0.15) is 18.0 Å². The molecule has 0 spiro atoms. The van der Waals surface area contributed by atoms with Crippen LogP contribution in [0.5, 0.6) is 5.75 Å². The maximum Gasteiger partial charge on any atom is 0.326 e. The summed E-state index contributed by atoms with van der Waals surface area (Å²) in [7, 11) is 0. The summed E-state index contributed by atoms with van der Waals surface area (Å²) >= 11 is 0. The zero-order valence-electron chi connectivity index (χ0n) is 20.5. The molecular formula is C28H26N4O5. The summed E-state index contributed by atoms with van der Waals surface area (Å²) in [6.07, 6.45) is 8.96. The highest BCUT2D eigenvalue weighted by Gasteiger charge is 2.44. The number of esters is 1. The third-order valence-corrected chi connectivity index (χ3v) is 5.94. The number of hydrogen-bond donors (Lipinski definition) is 1. The first-order valence-electron chi connectivity index (χ1n) is 12.0. The van der Waals surface area contributed by atoms with Gasteiger partial charge >= 0.3 is 5.97 Å². The normalized spacial score (nSPS) is 17.5. The van der Waals surface area contributed by atoms with Crippen LogP contribution in [0, 0.1) is 12.8 Å². The maximum atomic E-state index is 13.2. The number of benzene rings is 1. The number of aryl methyl sites for hydroxylation is 1. The van der Waals surface area contributed by atoms with E-state index in [1.165, 1.54) is 0 Å². The number of carbonyl (C=O) groups excluding carboxylic acids is 2. The molecule has 0 aliphatic carbocycles. The van der Waals surface area contributed by atoms with Gasteiger partial charge in [-0.15, -0.1) is 0 Å². The minimum Gasteiger partial charge on any atom is -0.492 e. The summed E-state index contributed by atoms with van der Waals surface area (Å²) in [4.78, 5) is 37.8. The molecule has 9 nitrogen and oxygen atoms in total. The van der Waals surface area contributed by atoms with E-state index >= 15 is 0 Å². The number of rotatable bonds is 8. The molecule has 4 aromatic rings. The van der Waals surface area contributed by atoms with E-state index in [9.17, 15) is 9.59 Å². The molecule has 3 aromatic heterocycles. The number of nitrogens with one attached hydrogen (secondary N) is 1. The topological polar surface area (TPSA) is 108 Å². The standard InChI is InChI=1S/C28H26N4O5/c1-3-35-28(34)24-25(33)23(16-19-17-30-26-21(19)7-6-10-29-26)37-27(24)31-22-9-8-20(15-18(22)2)36-14-13-32-11-4-5-12-32/h4-12,15-17,24H,3,13-14H2,1-2H3,(H,29,30)/b23-16-,31-27?. The van der Waals surface area contributed by atoms with E-state index in [2.05, 4.69) is 15.0 Å². The summed E-state index contributed by atoms with van der Waals surface area (Å²) < 4.78 is 18.9. The van der Waals surface area contributed by atoms with Gasteiger partial charge in [-0.3, -0.25) is 9.59 Å². The third-order valence-electron chi connectivity index (χ3n) is 5.94. The molecule has 4 heterocycles. The Bertz CT molecular complexity index is 1500. The fraction of sp³-hybridized carbons (Fsp3) is 0.214. The zero-order valence-corrected chi connectivity index (χ0v) is 20.5. The Hall–Kier alpha value is -4.66. The predicted octanol–water partition coefficient (Wildman–Crippen LogP) is 4.60. The summed E-state index contributed by atoms with van der Waals surface area (Å²) in [5, 5.41) is 0.827. The monoisotopic (exact) mass is 498 g/mol. The largest absolute Gasteiger partial charge is 0.492 e. The van der Waals surface area contributed by atoms with E-state index in [0.717, 1.165) is 17.5 Å². The molecule has 1 saturated heterocycles. The van der Waals surface area contributed by atoms with Crippen molar-refractivity contribution in [3.8, 4) is 5.75 Å². The fourth-order valence-electron chi connectivity index (χ4n) is 4.09. The third kappa shape index (κ3) is 5.16. The van der Waals surface area contributed by atoms with Gasteiger partial charge in [-0.05, 0) is 68.0 Å². The van der Waals surface area contributed by atoms with Gasteiger partial charge in [-0.2, -0.15) is 0 Å². The zero-order chi connectivity index (χ0) is 25.8. The van der Waals surface area contributed by atoms with Crippen molar-refractivity contribution in [1.29, 1.82) is 0 Å². The van der Waals surface area contributed by atoms with Gasteiger partial charge in [-0.1, -0.05) is 0 Å². The van der Waals surface area contributed by atoms with E-state index < -0.39 is 17.7 Å². The van der Waals surface area contributed by atoms with E-state index in [1.54, 1.807) is 43.6 Å².